The van der Waals surface area contributed by atoms with Gasteiger partial charge in [-0.25, -0.2) is 8.42 Å². The van der Waals surface area contributed by atoms with Gasteiger partial charge >= 0.3 is 0 Å². The van der Waals surface area contributed by atoms with Gasteiger partial charge in [0.2, 0.25) is 0 Å². The molecule has 96 valence electrons. The van der Waals surface area contributed by atoms with Crippen molar-refractivity contribution in [1.82, 2.24) is 0 Å². The Kier molecular flexibility index (Phi) is 3.02. The third-order valence-corrected chi connectivity index (χ3v) is 4.29. The van der Waals surface area contributed by atoms with Gasteiger partial charge in [-0.3, -0.25) is 0 Å². The first-order valence-corrected chi connectivity index (χ1v) is 7.27. The summed E-state index contributed by atoms with van der Waals surface area (Å²) < 4.78 is 26.7. The van der Waals surface area contributed by atoms with Crippen LogP contribution < -0.4 is 5.73 Å². The highest BCUT2D eigenvalue weighted by Crippen LogP contribution is 2.28. The molecule has 2 N–H and O–H groups in total. The van der Waals surface area contributed by atoms with Gasteiger partial charge in [0.25, 0.3) is 10.0 Å². The lowest BCUT2D eigenvalue weighted by Gasteiger charge is -2.18. The maximum absolute atomic E-state index is 11.6. The van der Waals surface area contributed by atoms with Crippen LogP contribution in [0.1, 0.15) is 37.5 Å². The Morgan fingerprint density at radius 3 is 2.56 bits per heavy atom. The quantitative estimate of drug-likeness (QED) is 0.843. The molecule has 0 atom stereocenters. The Morgan fingerprint density at radius 2 is 1.94 bits per heavy atom. The van der Waals surface area contributed by atoms with Crippen LogP contribution in [-0.4, -0.2) is 14.3 Å². The lowest BCUT2D eigenvalue weighted by atomic mass is 9.94. The molecule has 2 rings (SSSR count). The molecular formula is C13H16N2O2S. The summed E-state index contributed by atoms with van der Waals surface area (Å²) in [6.45, 7) is 6.03. The maximum Gasteiger partial charge on any atom is 0.259 e. The standard InChI is InChI=1S/C13H16N2O2S/c1-8(2)9(3)11-6-4-5-10-7-18(16,17)15-13(14)12(10)11/h4-6H,7H2,1-3H3,(H2,14,15). The topological polar surface area (TPSA) is 72.5 Å². The fourth-order valence-corrected chi connectivity index (χ4v) is 3.12. The molecule has 0 spiro atoms. The normalized spacial score (nSPS) is 16.7. The van der Waals surface area contributed by atoms with Crippen molar-refractivity contribution in [3.05, 3.63) is 40.5 Å². The molecule has 0 amide bonds. The predicted octanol–water partition coefficient (Wildman–Crippen LogP) is 2.05. The van der Waals surface area contributed by atoms with Gasteiger partial charge < -0.3 is 5.73 Å². The summed E-state index contributed by atoms with van der Waals surface area (Å²) >= 11 is 0. The van der Waals surface area contributed by atoms with Crippen LogP contribution in [-0.2, 0) is 15.8 Å². The Bertz CT molecular complexity index is 666. The van der Waals surface area contributed by atoms with E-state index in [-0.39, 0.29) is 11.6 Å². The second-order valence-electron chi connectivity index (χ2n) is 4.67. The molecule has 0 unspecified atom stereocenters. The third-order valence-electron chi connectivity index (χ3n) is 3.14. The molecule has 1 aliphatic heterocycles. The van der Waals surface area contributed by atoms with Crippen molar-refractivity contribution >= 4 is 21.4 Å². The van der Waals surface area contributed by atoms with Crippen LogP contribution >= 0.6 is 0 Å². The smallest absolute Gasteiger partial charge is 0.259 e. The van der Waals surface area contributed by atoms with Gasteiger partial charge in [-0.2, -0.15) is 0 Å². The Morgan fingerprint density at radius 1 is 1.28 bits per heavy atom. The number of rotatable bonds is 1. The minimum Gasteiger partial charge on any atom is -0.383 e. The number of nitrogens with zero attached hydrogens (tertiary/aromatic N) is 1. The van der Waals surface area contributed by atoms with E-state index in [1.807, 2.05) is 32.9 Å². The number of amidine groups is 1. The zero-order chi connectivity index (χ0) is 13.5. The molecule has 0 aliphatic carbocycles. The second kappa shape index (κ2) is 4.24. The number of hydrogen-bond donors (Lipinski definition) is 1. The van der Waals surface area contributed by atoms with Gasteiger partial charge in [-0.15, -0.1) is 4.40 Å². The number of nitrogens with two attached hydrogens (primary N) is 1. The fraction of sp³-hybridized carbons (Fsp3) is 0.308. The van der Waals surface area contributed by atoms with Gasteiger partial charge in [0.15, 0.2) is 0 Å². The van der Waals surface area contributed by atoms with Crippen LogP contribution in [0, 0.1) is 0 Å². The summed E-state index contributed by atoms with van der Waals surface area (Å²) in [7, 11) is -3.46. The van der Waals surface area contributed by atoms with Gasteiger partial charge in [0.05, 0.1) is 5.75 Å². The van der Waals surface area contributed by atoms with Crippen LogP contribution in [0.5, 0.6) is 0 Å². The molecule has 1 aromatic rings. The molecule has 0 aromatic heterocycles. The van der Waals surface area contributed by atoms with Gasteiger partial charge in [-0.1, -0.05) is 23.8 Å². The zero-order valence-electron chi connectivity index (χ0n) is 10.7. The van der Waals surface area contributed by atoms with E-state index in [1.165, 1.54) is 5.57 Å². The maximum atomic E-state index is 11.6. The van der Waals surface area contributed by atoms with Crippen molar-refractivity contribution < 1.29 is 8.42 Å². The Balaban J connectivity index is 2.75. The van der Waals surface area contributed by atoms with Crippen LogP contribution in [0.3, 0.4) is 0 Å². The number of sulfonamides is 1. The van der Waals surface area contributed by atoms with Crippen LogP contribution in [0.15, 0.2) is 28.2 Å². The van der Waals surface area contributed by atoms with E-state index >= 15 is 0 Å². The second-order valence-corrected chi connectivity index (χ2v) is 6.30. The average molecular weight is 264 g/mol. The van der Waals surface area contributed by atoms with Crippen LogP contribution in [0.4, 0.5) is 0 Å². The van der Waals surface area contributed by atoms with E-state index in [0.717, 1.165) is 22.3 Å². The van der Waals surface area contributed by atoms with Crippen LogP contribution in [0.2, 0.25) is 0 Å². The summed E-state index contributed by atoms with van der Waals surface area (Å²) in [6.07, 6.45) is 0. The van der Waals surface area contributed by atoms with E-state index < -0.39 is 10.0 Å². The van der Waals surface area contributed by atoms with E-state index in [2.05, 4.69) is 4.40 Å². The molecule has 0 saturated carbocycles. The summed E-state index contributed by atoms with van der Waals surface area (Å²) in [5, 5.41) is 0. The summed E-state index contributed by atoms with van der Waals surface area (Å²) in [6, 6.07) is 5.59. The summed E-state index contributed by atoms with van der Waals surface area (Å²) in [5.74, 6) is 0.0138. The van der Waals surface area contributed by atoms with E-state index in [9.17, 15) is 8.42 Å². The highest BCUT2D eigenvalue weighted by Gasteiger charge is 2.24. The van der Waals surface area contributed by atoms with Crippen molar-refractivity contribution in [2.45, 2.75) is 26.5 Å². The lowest BCUT2D eigenvalue weighted by molar-refractivity contribution is 0.596. The van der Waals surface area contributed by atoms with Crippen molar-refractivity contribution in [1.29, 1.82) is 0 Å². The SMILES string of the molecule is CC(C)=C(C)c1cccc2c1C(N)=NS(=O)(=O)C2. The fourth-order valence-electron chi connectivity index (χ4n) is 2.03. The third kappa shape index (κ3) is 2.18. The van der Waals surface area contributed by atoms with Crippen molar-refractivity contribution in [2.24, 2.45) is 10.1 Å². The van der Waals surface area contributed by atoms with Gasteiger partial charge in [0, 0.05) is 5.56 Å². The molecule has 0 fully saturated rings. The monoisotopic (exact) mass is 264 g/mol. The number of hydrogen-bond acceptors (Lipinski definition) is 3. The van der Waals surface area contributed by atoms with Crippen molar-refractivity contribution in [2.75, 3.05) is 0 Å². The predicted molar refractivity (Wildman–Crippen MR) is 73.7 cm³/mol. The highest BCUT2D eigenvalue weighted by molar-refractivity contribution is 7.89. The van der Waals surface area contributed by atoms with Crippen LogP contribution in [0.25, 0.3) is 5.57 Å². The van der Waals surface area contributed by atoms with E-state index in [0.29, 0.717) is 0 Å². The zero-order valence-corrected chi connectivity index (χ0v) is 11.5. The van der Waals surface area contributed by atoms with Crippen molar-refractivity contribution in [3.8, 4) is 0 Å². The lowest BCUT2D eigenvalue weighted by Crippen LogP contribution is -2.25. The molecular weight excluding hydrogens is 248 g/mol. The first-order chi connectivity index (χ1) is 8.32. The van der Waals surface area contributed by atoms with Crippen molar-refractivity contribution in [3.63, 3.8) is 0 Å². The molecule has 0 saturated heterocycles. The molecule has 5 heteroatoms. The molecule has 1 aliphatic rings. The minimum atomic E-state index is -3.46. The largest absolute Gasteiger partial charge is 0.383 e. The number of benzene rings is 1. The number of fused-ring (bicyclic) bond motifs is 1. The first kappa shape index (κ1) is 12.8. The molecule has 18 heavy (non-hydrogen) atoms. The van der Waals surface area contributed by atoms with E-state index in [4.69, 9.17) is 5.73 Å². The molecule has 0 bridgehead atoms. The molecule has 1 aromatic carbocycles. The van der Waals surface area contributed by atoms with Gasteiger partial charge in [-0.05, 0) is 37.5 Å². The summed E-state index contributed by atoms with van der Waals surface area (Å²) in [4.78, 5) is 0. The summed E-state index contributed by atoms with van der Waals surface area (Å²) in [5.41, 5.74) is 10.5. The average Bonchev–Trinajstić information content (AvgIpc) is 2.25. The number of allylic oxidation sites excluding steroid dienone is 2. The highest BCUT2D eigenvalue weighted by atomic mass is 32.2. The van der Waals surface area contributed by atoms with Gasteiger partial charge in [0.1, 0.15) is 5.84 Å². The molecule has 4 nitrogen and oxygen atoms in total. The molecule has 1 heterocycles. The molecule has 0 radical (unpaired) electrons. The first-order valence-electron chi connectivity index (χ1n) is 5.66. The Labute approximate surface area is 107 Å². The minimum absolute atomic E-state index is 0.0765. The Hall–Kier alpha value is -1.62. The van der Waals surface area contributed by atoms with E-state index in [1.54, 1.807) is 6.07 Å².